The molecule has 0 aromatic carbocycles. The minimum Gasteiger partial charge on any atom is -0.162 e. The maximum Gasteiger partial charge on any atom is -0.00363 e. The van der Waals surface area contributed by atoms with Gasteiger partial charge in [0.1, 0.15) is 0 Å². The van der Waals surface area contributed by atoms with Crippen molar-refractivity contribution in [1.82, 2.24) is 0 Å². The van der Waals surface area contributed by atoms with Crippen LogP contribution < -0.4 is 0 Å². The second-order valence-electron chi connectivity index (χ2n) is 1.98. The summed E-state index contributed by atoms with van der Waals surface area (Å²) in [6.07, 6.45) is 2.57. The normalized spacial score (nSPS) is 33.0. The van der Waals surface area contributed by atoms with Crippen molar-refractivity contribution in [3.63, 3.8) is 0 Å². The van der Waals surface area contributed by atoms with Gasteiger partial charge in [0.2, 0.25) is 0 Å². The topological polar surface area (TPSA) is 0 Å². The summed E-state index contributed by atoms with van der Waals surface area (Å²) in [4.78, 5) is 0. The minimum absolute atomic E-state index is 0.499. The molecular formula is C6H10S. The lowest BCUT2D eigenvalue weighted by Gasteiger charge is -2.14. The van der Waals surface area contributed by atoms with Gasteiger partial charge in [-0.3, -0.25) is 0 Å². The van der Waals surface area contributed by atoms with Crippen molar-refractivity contribution >= 4 is 11.8 Å². The van der Waals surface area contributed by atoms with E-state index >= 15 is 0 Å². The van der Waals surface area contributed by atoms with Crippen molar-refractivity contribution in [1.29, 1.82) is 0 Å². The highest BCUT2D eigenvalue weighted by Crippen LogP contribution is 2.20. The zero-order valence-corrected chi connectivity index (χ0v) is 5.21. The molecule has 0 aromatic rings. The Balaban J connectivity index is 2.12. The Morgan fingerprint density at radius 2 is 2.43 bits per heavy atom. The quantitative estimate of drug-likeness (QED) is 0.463. The van der Waals surface area contributed by atoms with Crippen molar-refractivity contribution in [2.45, 2.75) is 12.8 Å². The van der Waals surface area contributed by atoms with Crippen LogP contribution in [0.5, 0.6) is 0 Å². The summed E-state index contributed by atoms with van der Waals surface area (Å²) in [6, 6.07) is 0. The van der Waals surface area contributed by atoms with Crippen molar-refractivity contribution in [3.8, 4) is 0 Å². The van der Waals surface area contributed by atoms with E-state index < -0.39 is 0 Å². The summed E-state index contributed by atoms with van der Waals surface area (Å²) in [5.41, 5.74) is 0. The van der Waals surface area contributed by atoms with Gasteiger partial charge in [0.15, 0.2) is 0 Å². The molecular weight excluding hydrogens is 104 g/mol. The van der Waals surface area contributed by atoms with Gasteiger partial charge in [-0.1, -0.05) is 0 Å². The van der Waals surface area contributed by atoms with E-state index in [1.165, 1.54) is 24.3 Å². The van der Waals surface area contributed by atoms with E-state index in [1.807, 2.05) is 11.8 Å². The lowest BCUT2D eigenvalue weighted by atomic mass is 10.1. The van der Waals surface area contributed by atoms with Crippen LogP contribution in [0.4, 0.5) is 0 Å². The Bertz CT molecular complexity index is 46.1. The average molecular weight is 114 g/mol. The second kappa shape index (κ2) is 2.61. The van der Waals surface area contributed by atoms with Crippen LogP contribution in [0.25, 0.3) is 0 Å². The lowest BCUT2D eigenvalue weighted by Crippen LogP contribution is -2.05. The molecule has 1 unspecified atom stereocenters. The van der Waals surface area contributed by atoms with Gasteiger partial charge in [0.25, 0.3) is 0 Å². The first-order chi connectivity index (χ1) is 3.39. The van der Waals surface area contributed by atoms with E-state index in [1.54, 1.807) is 0 Å². The summed E-state index contributed by atoms with van der Waals surface area (Å²) >= 11 is 1.98. The maximum absolute atomic E-state index is 5.61. The molecule has 1 rings (SSSR count). The standard InChI is InChI=1S/C6H10S/c1-6-3-2-4-7-5-6/h1,6H,2-5H2. The summed E-state index contributed by atoms with van der Waals surface area (Å²) in [7, 11) is 0. The van der Waals surface area contributed by atoms with Crippen LogP contribution in [-0.2, 0) is 0 Å². The Morgan fingerprint density at radius 1 is 1.57 bits per heavy atom. The van der Waals surface area contributed by atoms with E-state index in [2.05, 4.69) is 0 Å². The molecule has 0 aliphatic carbocycles. The van der Waals surface area contributed by atoms with E-state index in [0.717, 1.165) is 0 Å². The zero-order chi connectivity index (χ0) is 5.11. The first-order valence-electron chi connectivity index (χ1n) is 2.73. The highest BCUT2D eigenvalue weighted by molar-refractivity contribution is 7.99. The smallest absolute Gasteiger partial charge is 0.00363 e. The Morgan fingerprint density at radius 3 is 2.71 bits per heavy atom. The Kier molecular flexibility index (Phi) is 2.04. The monoisotopic (exact) mass is 114 g/mol. The van der Waals surface area contributed by atoms with Crippen molar-refractivity contribution in [2.24, 2.45) is 5.92 Å². The summed E-state index contributed by atoms with van der Waals surface area (Å²) in [6.45, 7) is 5.61. The molecule has 1 aliphatic heterocycles. The minimum atomic E-state index is 0.499. The largest absolute Gasteiger partial charge is 0.162 e. The second-order valence-corrected chi connectivity index (χ2v) is 3.13. The zero-order valence-electron chi connectivity index (χ0n) is 4.39. The third-order valence-electron chi connectivity index (χ3n) is 1.20. The molecule has 1 heteroatoms. The lowest BCUT2D eigenvalue weighted by molar-refractivity contribution is 0.626. The Labute approximate surface area is 49.7 Å². The molecule has 40 valence electrons. The third kappa shape index (κ3) is 1.72. The van der Waals surface area contributed by atoms with Gasteiger partial charge in [-0.25, -0.2) is 0 Å². The van der Waals surface area contributed by atoms with Crippen molar-refractivity contribution < 1.29 is 0 Å². The van der Waals surface area contributed by atoms with Gasteiger partial charge in [-0.2, -0.15) is 11.8 Å². The molecule has 1 aliphatic rings. The molecule has 1 saturated heterocycles. The van der Waals surface area contributed by atoms with Crippen LogP contribution in [0.2, 0.25) is 0 Å². The maximum atomic E-state index is 5.61. The fourth-order valence-electron chi connectivity index (χ4n) is 0.766. The highest BCUT2D eigenvalue weighted by Gasteiger charge is 2.06. The number of thioether (sulfide) groups is 1. The van der Waals surface area contributed by atoms with Crippen LogP contribution >= 0.6 is 11.8 Å². The molecule has 0 spiro atoms. The average Bonchev–Trinajstić information content (AvgIpc) is 1.69. The summed E-state index contributed by atoms with van der Waals surface area (Å²) < 4.78 is 0. The number of rotatable bonds is 0. The van der Waals surface area contributed by atoms with Crippen LogP contribution in [0, 0.1) is 12.8 Å². The van der Waals surface area contributed by atoms with Crippen molar-refractivity contribution in [2.75, 3.05) is 11.5 Å². The van der Waals surface area contributed by atoms with Gasteiger partial charge in [-0.15, -0.1) is 0 Å². The molecule has 0 N–H and O–H groups in total. The van der Waals surface area contributed by atoms with Crippen LogP contribution in [0.3, 0.4) is 0 Å². The summed E-state index contributed by atoms with van der Waals surface area (Å²) in [5.74, 6) is 3.01. The van der Waals surface area contributed by atoms with Crippen LogP contribution in [-0.4, -0.2) is 11.5 Å². The predicted molar refractivity (Wildman–Crippen MR) is 34.3 cm³/mol. The molecule has 0 bridgehead atoms. The van der Waals surface area contributed by atoms with Gasteiger partial charge in [0.05, 0.1) is 0 Å². The molecule has 0 amide bonds. The van der Waals surface area contributed by atoms with Crippen LogP contribution in [0.1, 0.15) is 12.8 Å². The highest BCUT2D eigenvalue weighted by atomic mass is 32.2. The van der Waals surface area contributed by atoms with E-state index in [0.29, 0.717) is 5.92 Å². The summed E-state index contributed by atoms with van der Waals surface area (Å²) in [5, 5.41) is 0. The molecule has 7 heavy (non-hydrogen) atoms. The van der Waals surface area contributed by atoms with Crippen LogP contribution in [0.15, 0.2) is 0 Å². The Hall–Kier alpha value is 0.350. The fraction of sp³-hybridized carbons (Fsp3) is 0.833. The van der Waals surface area contributed by atoms with E-state index in [9.17, 15) is 0 Å². The number of hydrogen-bond acceptors (Lipinski definition) is 1. The first-order valence-corrected chi connectivity index (χ1v) is 3.88. The van der Waals surface area contributed by atoms with Crippen molar-refractivity contribution in [3.05, 3.63) is 6.92 Å². The number of hydrogen-bond donors (Lipinski definition) is 0. The van der Waals surface area contributed by atoms with Gasteiger partial charge in [0, 0.05) is 0 Å². The molecule has 0 aromatic heterocycles. The predicted octanol–water partition coefficient (Wildman–Crippen LogP) is 1.84. The molecule has 1 fully saturated rings. The molecule has 0 nitrogen and oxygen atoms in total. The van der Waals surface area contributed by atoms with Gasteiger partial charge >= 0.3 is 0 Å². The van der Waals surface area contributed by atoms with Gasteiger partial charge < -0.3 is 0 Å². The van der Waals surface area contributed by atoms with Gasteiger partial charge in [-0.05, 0) is 37.2 Å². The molecule has 2 radical (unpaired) electrons. The first kappa shape index (κ1) is 5.49. The SMILES string of the molecule is [CH]C1CCCSC1. The third-order valence-corrected chi connectivity index (χ3v) is 2.44. The van der Waals surface area contributed by atoms with E-state index in [4.69, 9.17) is 6.92 Å². The molecule has 1 atom stereocenters. The molecule has 0 saturated carbocycles. The van der Waals surface area contributed by atoms with E-state index in [-0.39, 0.29) is 0 Å². The molecule has 1 heterocycles. The fourth-order valence-corrected chi connectivity index (χ4v) is 1.77.